The highest BCUT2D eigenvalue weighted by Crippen LogP contribution is 2.29. The van der Waals surface area contributed by atoms with Crippen LogP contribution in [0.5, 0.6) is 0 Å². The van der Waals surface area contributed by atoms with Gasteiger partial charge in [-0.2, -0.15) is 0 Å². The maximum Gasteiger partial charge on any atom is 0.315 e. The second-order valence-corrected chi connectivity index (χ2v) is 5.55. The molecule has 0 unspecified atom stereocenters. The lowest BCUT2D eigenvalue weighted by atomic mass is 10.3. The molecule has 1 heterocycles. The number of imide groups is 1. The summed E-state index contributed by atoms with van der Waals surface area (Å²) in [6, 6.07) is 5.30. The Bertz CT molecular complexity index is 578. The van der Waals surface area contributed by atoms with Crippen molar-refractivity contribution in [1.82, 2.24) is 0 Å². The van der Waals surface area contributed by atoms with Gasteiger partial charge in [0.25, 0.3) is 0 Å². The number of carbonyl (C=O) groups is 3. The molecule has 1 atom stereocenters. The van der Waals surface area contributed by atoms with Crippen LogP contribution in [0.1, 0.15) is 13.3 Å². The van der Waals surface area contributed by atoms with Crippen molar-refractivity contribution < 1.29 is 23.5 Å². The van der Waals surface area contributed by atoms with Crippen LogP contribution in [0.25, 0.3) is 0 Å². The van der Waals surface area contributed by atoms with Crippen molar-refractivity contribution in [3.63, 3.8) is 0 Å². The first-order valence-electron chi connectivity index (χ1n) is 6.42. The molecule has 2 amide bonds. The van der Waals surface area contributed by atoms with Crippen LogP contribution in [0, 0.1) is 5.82 Å². The van der Waals surface area contributed by atoms with Crippen LogP contribution in [-0.4, -0.2) is 35.4 Å². The van der Waals surface area contributed by atoms with Gasteiger partial charge in [0, 0.05) is 6.42 Å². The number of amides is 2. The number of esters is 1. The van der Waals surface area contributed by atoms with Crippen LogP contribution >= 0.6 is 11.8 Å². The van der Waals surface area contributed by atoms with E-state index in [4.69, 9.17) is 4.74 Å². The standard InChI is InChI=1S/C14H14FNO4S/c1-2-20-13(18)8-21-11-7-12(17)16(14(11)19)10-5-3-4-9(15)6-10/h3-6,11H,2,7-8H2,1H3/t11-/m0/s1. The zero-order chi connectivity index (χ0) is 15.4. The Hall–Kier alpha value is -1.89. The number of anilines is 1. The van der Waals surface area contributed by atoms with Gasteiger partial charge in [-0.05, 0) is 25.1 Å². The smallest absolute Gasteiger partial charge is 0.315 e. The fraction of sp³-hybridized carbons (Fsp3) is 0.357. The van der Waals surface area contributed by atoms with Crippen molar-refractivity contribution in [2.24, 2.45) is 0 Å². The number of halogens is 1. The maximum atomic E-state index is 13.2. The molecular weight excluding hydrogens is 297 g/mol. The van der Waals surface area contributed by atoms with Crippen LogP contribution in [0.15, 0.2) is 24.3 Å². The van der Waals surface area contributed by atoms with Crippen molar-refractivity contribution in [3.05, 3.63) is 30.1 Å². The summed E-state index contributed by atoms with van der Waals surface area (Å²) < 4.78 is 18.0. The normalized spacial score (nSPS) is 18.2. The van der Waals surface area contributed by atoms with E-state index in [1.807, 2.05) is 0 Å². The van der Waals surface area contributed by atoms with E-state index in [1.165, 1.54) is 18.2 Å². The zero-order valence-corrected chi connectivity index (χ0v) is 12.2. The van der Waals surface area contributed by atoms with Crippen molar-refractivity contribution in [1.29, 1.82) is 0 Å². The molecule has 0 N–H and O–H groups in total. The Balaban J connectivity index is 2.05. The van der Waals surface area contributed by atoms with Gasteiger partial charge in [0.1, 0.15) is 5.82 Å². The molecule has 0 bridgehead atoms. The average Bonchev–Trinajstić information content (AvgIpc) is 2.71. The third kappa shape index (κ3) is 3.60. The Morgan fingerprint density at radius 2 is 2.24 bits per heavy atom. The van der Waals surface area contributed by atoms with Crippen LogP contribution in [0.3, 0.4) is 0 Å². The number of carbonyl (C=O) groups excluding carboxylic acids is 3. The molecule has 1 aliphatic rings. The predicted molar refractivity (Wildman–Crippen MR) is 76.4 cm³/mol. The minimum Gasteiger partial charge on any atom is -0.465 e. The molecule has 112 valence electrons. The average molecular weight is 311 g/mol. The van der Waals surface area contributed by atoms with E-state index in [2.05, 4.69) is 0 Å². The van der Waals surface area contributed by atoms with Gasteiger partial charge >= 0.3 is 5.97 Å². The Morgan fingerprint density at radius 1 is 1.48 bits per heavy atom. The van der Waals surface area contributed by atoms with Gasteiger partial charge in [0.05, 0.1) is 23.3 Å². The molecule has 1 fully saturated rings. The van der Waals surface area contributed by atoms with E-state index in [0.29, 0.717) is 0 Å². The summed E-state index contributed by atoms with van der Waals surface area (Å²) in [7, 11) is 0. The van der Waals surface area contributed by atoms with E-state index < -0.39 is 28.9 Å². The third-order valence-corrected chi connectivity index (χ3v) is 4.05. The van der Waals surface area contributed by atoms with Crippen molar-refractivity contribution in [2.75, 3.05) is 17.3 Å². The highest BCUT2D eigenvalue weighted by molar-refractivity contribution is 8.01. The van der Waals surface area contributed by atoms with E-state index in [-0.39, 0.29) is 24.5 Å². The quantitative estimate of drug-likeness (QED) is 0.612. The highest BCUT2D eigenvalue weighted by Gasteiger charge is 2.40. The molecule has 0 radical (unpaired) electrons. The van der Waals surface area contributed by atoms with Gasteiger partial charge in [0.15, 0.2) is 0 Å². The molecule has 0 saturated carbocycles. The van der Waals surface area contributed by atoms with E-state index in [0.717, 1.165) is 22.7 Å². The number of benzene rings is 1. The first kappa shape index (κ1) is 15.5. The molecule has 5 nitrogen and oxygen atoms in total. The van der Waals surface area contributed by atoms with Crippen molar-refractivity contribution in [3.8, 4) is 0 Å². The largest absolute Gasteiger partial charge is 0.465 e. The summed E-state index contributed by atoms with van der Waals surface area (Å²) in [5.74, 6) is -1.76. The van der Waals surface area contributed by atoms with Gasteiger partial charge in [-0.1, -0.05) is 6.07 Å². The summed E-state index contributed by atoms with van der Waals surface area (Å²) in [4.78, 5) is 36.4. The first-order valence-corrected chi connectivity index (χ1v) is 7.47. The molecule has 0 aliphatic carbocycles. The SMILES string of the molecule is CCOC(=O)CS[C@H]1CC(=O)N(c2cccc(F)c2)C1=O. The maximum absolute atomic E-state index is 13.2. The fourth-order valence-corrected chi connectivity index (χ4v) is 2.92. The molecule has 7 heteroatoms. The summed E-state index contributed by atoms with van der Waals surface area (Å²) in [5, 5.41) is -0.634. The van der Waals surface area contributed by atoms with Gasteiger partial charge in [-0.15, -0.1) is 11.8 Å². The molecule has 1 aromatic carbocycles. The lowest BCUT2D eigenvalue weighted by molar-refractivity contribution is -0.139. The minimum absolute atomic E-state index is 0.000577. The second kappa shape index (κ2) is 6.71. The molecule has 0 aromatic heterocycles. The van der Waals surface area contributed by atoms with Crippen molar-refractivity contribution >= 4 is 35.2 Å². The van der Waals surface area contributed by atoms with E-state index in [1.54, 1.807) is 6.92 Å². The van der Waals surface area contributed by atoms with Gasteiger partial charge < -0.3 is 4.74 Å². The van der Waals surface area contributed by atoms with Crippen molar-refractivity contribution in [2.45, 2.75) is 18.6 Å². The first-order chi connectivity index (χ1) is 10.0. The molecule has 0 spiro atoms. The number of rotatable bonds is 5. The molecule has 1 saturated heterocycles. The van der Waals surface area contributed by atoms with Gasteiger partial charge in [-0.25, -0.2) is 9.29 Å². The molecule has 2 rings (SSSR count). The molecule has 1 aromatic rings. The predicted octanol–water partition coefficient (Wildman–Crippen LogP) is 1.75. The third-order valence-electron chi connectivity index (χ3n) is 2.88. The van der Waals surface area contributed by atoms with Crippen LogP contribution in [0.4, 0.5) is 10.1 Å². The Labute approximate surface area is 125 Å². The number of ether oxygens (including phenoxy) is 1. The summed E-state index contributed by atoms with van der Waals surface area (Å²) in [6.45, 7) is 1.96. The van der Waals surface area contributed by atoms with E-state index >= 15 is 0 Å². The monoisotopic (exact) mass is 311 g/mol. The topological polar surface area (TPSA) is 63.7 Å². The second-order valence-electron chi connectivity index (χ2n) is 4.36. The molecule has 1 aliphatic heterocycles. The van der Waals surface area contributed by atoms with Crippen LogP contribution in [0.2, 0.25) is 0 Å². The zero-order valence-electron chi connectivity index (χ0n) is 11.4. The lowest BCUT2D eigenvalue weighted by Gasteiger charge is -2.14. The summed E-state index contributed by atoms with van der Waals surface area (Å²) in [6.07, 6.45) is -0.000577. The number of hydrogen-bond acceptors (Lipinski definition) is 5. The van der Waals surface area contributed by atoms with Crippen LogP contribution in [-0.2, 0) is 19.1 Å². The highest BCUT2D eigenvalue weighted by atomic mass is 32.2. The van der Waals surface area contributed by atoms with Gasteiger partial charge in [0.2, 0.25) is 11.8 Å². The lowest BCUT2D eigenvalue weighted by Crippen LogP contribution is -2.31. The summed E-state index contributed by atoms with van der Waals surface area (Å²) >= 11 is 1.07. The fourth-order valence-electron chi connectivity index (χ4n) is 1.99. The summed E-state index contributed by atoms with van der Waals surface area (Å²) in [5.41, 5.74) is 0.212. The van der Waals surface area contributed by atoms with E-state index in [9.17, 15) is 18.8 Å². The number of hydrogen-bond donors (Lipinski definition) is 0. The number of nitrogens with zero attached hydrogens (tertiary/aromatic N) is 1. The minimum atomic E-state index is -0.634. The molecular formula is C14H14FNO4S. The Morgan fingerprint density at radius 3 is 2.90 bits per heavy atom. The molecule has 21 heavy (non-hydrogen) atoms. The Kier molecular flexibility index (Phi) is 4.95. The van der Waals surface area contributed by atoms with Crippen LogP contribution < -0.4 is 4.90 Å². The van der Waals surface area contributed by atoms with Gasteiger partial charge in [-0.3, -0.25) is 14.4 Å². The number of thioether (sulfide) groups is 1.